The summed E-state index contributed by atoms with van der Waals surface area (Å²) in [6.45, 7) is 18.7. The standard InChI is InChI=1S/C27H44ClN5O8/c1-24(2,3)38-17(34)13-32(14-18(35)39-25(4,5)6)22-29-21(28)30-23(31-22)33(15-19(36)40-26(7,8)9)16-20(37)41-27(10,11)12/h13-16H2,1-12H3. The lowest BCUT2D eigenvalue weighted by atomic mass is 10.2. The van der Waals surface area contributed by atoms with E-state index in [0.29, 0.717) is 0 Å². The van der Waals surface area contributed by atoms with E-state index >= 15 is 0 Å². The Morgan fingerprint density at radius 1 is 0.512 bits per heavy atom. The molecule has 0 aliphatic heterocycles. The molecule has 1 heterocycles. The molecule has 0 spiro atoms. The maximum absolute atomic E-state index is 12.7. The zero-order chi connectivity index (χ0) is 32.0. The monoisotopic (exact) mass is 601 g/mol. The van der Waals surface area contributed by atoms with E-state index in [1.54, 1.807) is 83.1 Å². The van der Waals surface area contributed by atoms with E-state index in [9.17, 15) is 19.2 Å². The minimum atomic E-state index is -0.797. The van der Waals surface area contributed by atoms with Crippen LogP contribution in [0.1, 0.15) is 83.1 Å². The zero-order valence-electron chi connectivity index (χ0n) is 26.2. The smallest absolute Gasteiger partial charge is 0.326 e. The summed E-state index contributed by atoms with van der Waals surface area (Å²) in [4.78, 5) is 65.8. The minimum Gasteiger partial charge on any atom is -0.459 e. The number of rotatable bonds is 10. The highest BCUT2D eigenvalue weighted by atomic mass is 35.5. The number of ether oxygens (including phenoxy) is 4. The second kappa shape index (κ2) is 13.6. The Bertz CT molecular complexity index is 959. The summed E-state index contributed by atoms with van der Waals surface area (Å²) >= 11 is 6.23. The van der Waals surface area contributed by atoms with Crippen molar-refractivity contribution in [3.05, 3.63) is 5.28 Å². The van der Waals surface area contributed by atoms with E-state index in [4.69, 9.17) is 30.5 Å². The average molecular weight is 602 g/mol. The van der Waals surface area contributed by atoms with Gasteiger partial charge in [0.2, 0.25) is 17.2 Å². The maximum Gasteiger partial charge on any atom is 0.326 e. The lowest BCUT2D eigenvalue weighted by Gasteiger charge is -2.28. The van der Waals surface area contributed by atoms with Crippen molar-refractivity contribution in [1.29, 1.82) is 0 Å². The van der Waals surface area contributed by atoms with Crippen LogP contribution in [0.5, 0.6) is 0 Å². The van der Waals surface area contributed by atoms with E-state index in [0.717, 1.165) is 0 Å². The molecular formula is C27H44ClN5O8. The van der Waals surface area contributed by atoms with Gasteiger partial charge in [0.15, 0.2) is 0 Å². The van der Waals surface area contributed by atoms with Crippen LogP contribution in [-0.2, 0) is 38.1 Å². The average Bonchev–Trinajstić information content (AvgIpc) is 2.66. The van der Waals surface area contributed by atoms with E-state index in [1.807, 2.05) is 0 Å². The van der Waals surface area contributed by atoms with Gasteiger partial charge in [0.25, 0.3) is 0 Å². The largest absolute Gasteiger partial charge is 0.459 e. The van der Waals surface area contributed by atoms with Gasteiger partial charge in [-0.2, -0.15) is 15.0 Å². The van der Waals surface area contributed by atoms with Crippen LogP contribution in [0.3, 0.4) is 0 Å². The topological polar surface area (TPSA) is 150 Å². The molecule has 0 aliphatic rings. The molecule has 0 N–H and O–H groups in total. The van der Waals surface area contributed by atoms with Gasteiger partial charge in [0.1, 0.15) is 48.6 Å². The fourth-order valence-corrected chi connectivity index (χ4v) is 3.28. The zero-order valence-corrected chi connectivity index (χ0v) is 27.0. The second-order valence-electron chi connectivity index (χ2n) is 13.3. The van der Waals surface area contributed by atoms with Crippen LogP contribution in [0.4, 0.5) is 11.9 Å². The van der Waals surface area contributed by atoms with Crippen LogP contribution in [0.15, 0.2) is 0 Å². The van der Waals surface area contributed by atoms with E-state index in [-0.39, 0.29) is 17.2 Å². The predicted molar refractivity (Wildman–Crippen MR) is 153 cm³/mol. The van der Waals surface area contributed by atoms with Crippen LogP contribution in [0.25, 0.3) is 0 Å². The van der Waals surface area contributed by atoms with Crippen molar-refractivity contribution in [2.24, 2.45) is 0 Å². The SMILES string of the molecule is CC(C)(C)OC(=O)CN(CC(=O)OC(C)(C)C)c1nc(Cl)nc(N(CC(=O)OC(C)(C)C)CC(=O)OC(C)(C)C)n1. The van der Waals surface area contributed by atoms with Crippen LogP contribution in [0, 0.1) is 0 Å². The molecule has 1 rings (SSSR count). The lowest BCUT2D eigenvalue weighted by molar-refractivity contribution is -0.156. The molecule has 1 aromatic rings. The summed E-state index contributed by atoms with van der Waals surface area (Å²) in [5.41, 5.74) is -3.19. The molecule has 0 aliphatic carbocycles. The number of aromatic nitrogens is 3. The predicted octanol–water partition coefficient (Wildman–Crippen LogP) is 3.50. The van der Waals surface area contributed by atoms with Gasteiger partial charge in [-0.1, -0.05) is 0 Å². The molecule has 0 fully saturated rings. The first-order valence-electron chi connectivity index (χ1n) is 13.1. The van der Waals surface area contributed by atoms with E-state index < -0.39 is 72.5 Å². The number of carbonyl (C=O) groups excluding carboxylic acids is 4. The van der Waals surface area contributed by atoms with Crippen LogP contribution < -0.4 is 9.80 Å². The lowest BCUT2D eigenvalue weighted by Crippen LogP contribution is -2.42. The van der Waals surface area contributed by atoms with Crippen molar-refractivity contribution in [3.8, 4) is 0 Å². The van der Waals surface area contributed by atoms with Crippen molar-refractivity contribution in [2.75, 3.05) is 36.0 Å². The summed E-state index contributed by atoms with van der Waals surface area (Å²) in [5, 5.41) is -0.318. The normalized spacial score (nSPS) is 12.3. The van der Waals surface area contributed by atoms with Crippen LogP contribution in [-0.4, -0.2) is 87.4 Å². The molecule has 1 aromatic heterocycles. The Kier molecular flexibility index (Phi) is 11.9. The molecule has 232 valence electrons. The molecule has 0 atom stereocenters. The molecule has 0 bridgehead atoms. The molecular weight excluding hydrogens is 558 g/mol. The summed E-state index contributed by atoms with van der Waals surface area (Å²) in [7, 11) is 0. The molecule has 14 heteroatoms. The second-order valence-corrected chi connectivity index (χ2v) is 13.6. The number of halogens is 1. The fraction of sp³-hybridized carbons (Fsp3) is 0.741. The molecule has 0 saturated heterocycles. The first-order chi connectivity index (χ1) is 18.3. The van der Waals surface area contributed by atoms with Gasteiger partial charge >= 0.3 is 23.9 Å². The summed E-state index contributed by atoms with van der Waals surface area (Å²) in [6.07, 6.45) is 0. The first kappa shape index (κ1) is 35.8. The molecule has 0 aromatic carbocycles. The fourth-order valence-electron chi connectivity index (χ4n) is 3.13. The summed E-state index contributed by atoms with van der Waals surface area (Å²) in [5.74, 6) is -3.04. The Labute approximate surface area is 247 Å². The van der Waals surface area contributed by atoms with Gasteiger partial charge in [-0.05, 0) is 94.7 Å². The molecule has 0 saturated carbocycles. The Balaban J connectivity index is 3.52. The van der Waals surface area contributed by atoms with E-state index in [1.165, 1.54) is 9.80 Å². The third-order valence-electron chi connectivity index (χ3n) is 4.11. The molecule has 0 radical (unpaired) electrons. The Hall–Kier alpha value is -3.22. The Morgan fingerprint density at radius 2 is 0.732 bits per heavy atom. The number of esters is 4. The highest BCUT2D eigenvalue weighted by Gasteiger charge is 2.29. The van der Waals surface area contributed by atoms with Gasteiger partial charge in [0.05, 0.1) is 0 Å². The molecule has 41 heavy (non-hydrogen) atoms. The molecule has 13 nitrogen and oxygen atoms in total. The van der Waals surface area contributed by atoms with Crippen LogP contribution >= 0.6 is 11.6 Å². The quantitative estimate of drug-likeness (QED) is 0.284. The van der Waals surface area contributed by atoms with Crippen LogP contribution in [0.2, 0.25) is 5.28 Å². The molecule has 0 amide bonds. The first-order valence-corrected chi connectivity index (χ1v) is 13.5. The van der Waals surface area contributed by atoms with Gasteiger partial charge in [0, 0.05) is 0 Å². The van der Waals surface area contributed by atoms with Crippen molar-refractivity contribution >= 4 is 47.4 Å². The number of hydrogen-bond donors (Lipinski definition) is 0. The number of anilines is 2. The Morgan fingerprint density at radius 3 is 0.927 bits per heavy atom. The van der Waals surface area contributed by atoms with Crippen molar-refractivity contribution in [1.82, 2.24) is 15.0 Å². The summed E-state index contributed by atoms with van der Waals surface area (Å²) < 4.78 is 21.6. The van der Waals surface area contributed by atoms with Gasteiger partial charge in [-0.25, -0.2) is 0 Å². The van der Waals surface area contributed by atoms with Gasteiger partial charge < -0.3 is 28.7 Å². The molecule has 0 unspecified atom stereocenters. The summed E-state index contributed by atoms with van der Waals surface area (Å²) in [6, 6.07) is 0. The number of hydrogen-bond acceptors (Lipinski definition) is 13. The third kappa shape index (κ3) is 16.0. The van der Waals surface area contributed by atoms with Crippen molar-refractivity contribution in [3.63, 3.8) is 0 Å². The third-order valence-corrected chi connectivity index (χ3v) is 4.28. The van der Waals surface area contributed by atoms with Crippen molar-refractivity contribution in [2.45, 2.75) is 105 Å². The van der Waals surface area contributed by atoms with Gasteiger partial charge in [-0.3, -0.25) is 19.2 Å². The highest BCUT2D eigenvalue weighted by Crippen LogP contribution is 2.20. The number of nitrogens with zero attached hydrogens (tertiary/aromatic N) is 5. The maximum atomic E-state index is 12.7. The van der Waals surface area contributed by atoms with Gasteiger partial charge in [-0.15, -0.1) is 0 Å². The number of carbonyl (C=O) groups is 4. The minimum absolute atomic E-state index is 0.185. The highest BCUT2D eigenvalue weighted by molar-refractivity contribution is 6.28. The van der Waals surface area contributed by atoms with E-state index in [2.05, 4.69) is 15.0 Å². The van der Waals surface area contributed by atoms with Crippen molar-refractivity contribution < 1.29 is 38.1 Å².